The Hall–Kier alpha value is -1.92. The number of amides is 2. The van der Waals surface area contributed by atoms with Gasteiger partial charge in [-0.3, -0.25) is 9.59 Å². The van der Waals surface area contributed by atoms with Crippen LogP contribution in [0.2, 0.25) is 0 Å². The standard InChI is InChI=1S/C15H20N2O4/c1-2-11-3-5-12(6-4-11)17-14(19)13(18)16-9-15(20)7-8-21-10-15/h3-6,20H,2,7-10H2,1H3,(H,16,18)(H,17,19). The molecule has 2 rings (SSSR count). The summed E-state index contributed by atoms with van der Waals surface area (Å²) >= 11 is 0. The fraction of sp³-hybridized carbons (Fsp3) is 0.467. The molecular formula is C15H20N2O4. The van der Waals surface area contributed by atoms with Crippen LogP contribution >= 0.6 is 0 Å². The first-order chi connectivity index (χ1) is 10.0. The lowest BCUT2D eigenvalue weighted by Crippen LogP contribution is -2.46. The van der Waals surface area contributed by atoms with E-state index in [2.05, 4.69) is 10.6 Å². The first-order valence-electron chi connectivity index (χ1n) is 7.01. The summed E-state index contributed by atoms with van der Waals surface area (Å²) in [6, 6.07) is 7.29. The Morgan fingerprint density at radius 2 is 2.00 bits per heavy atom. The van der Waals surface area contributed by atoms with Gasteiger partial charge in [0.25, 0.3) is 0 Å². The van der Waals surface area contributed by atoms with Crippen LogP contribution in [0.3, 0.4) is 0 Å². The van der Waals surface area contributed by atoms with E-state index in [9.17, 15) is 14.7 Å². The molecule has 1 aromatic rings. The van der Waals surface area contributed by atoms with Gasteiger partial charge >= 0.3 is 11.8 Å². The Labute approximate surface area is 123 Å². The van der Waals surface area contributed by atoms with Crippen LogP contribution < -0.4 is 10.6 Å². The highest BCUT2D eigenvalue weighted by atomic mass is 16.5. The van der Waals surface area contributed by atoms with Crippen LogP contribution in [0.4, 0.5) is 5.69 Å². The normalized spacial score (nSPS) is 21.0. The van der Waals surface area contributed by atoms with E-state index in [1.807, 2.05) is 19.1 Å². The van der Waals surface area contributed by atoms with E-state index in [4.69, 9.17) is 4.74 Å². The molecule has 0 bridgehead atoms. The zero-order chi connectivity index (χ0) is 15.3. The minimum absolute atomic E-state index is 0.00796. The topological polar surface area (TPSA) is 87.7 Å². The summed E-state index contributed by atoms with van der Waals surface area (Å²) in [7, 11) is 0. The van der Waals surface area contributed by atoms with Crippen molar-refractivity contribution in [3.05, 3.63) is 29.8 Å². The summed E-state index contributed by atoms with van der Waals surface area (Å²) in [6.07, 6.45) is 1.36. The van der Waals surface area contributed by atoms with Crippen molar-refractivity contribution in [2.75, 3.05) is 25.1 Å². The lowest BCUT2D eigenvalue weighted by Gasteiger charge is -2.20. The molecule has 1 fully saturated rings. The molecule has 0 saturated carbocycles. The van der Waals surface area contributed by atoms with Gasteiger partial charge < -0.3 is 20.5 Å². The maximum Gasteiger partial charge on any atom is 0.313 e. The number of aryl methyl sites for hydroxylation is 1. The van der Waals surface area contributed by atoms with Crippen molar-refractivity contribution in [1.29, 1.82) is 0 Å². The van der Waals surface area contributed by atoms with Gasteiger partial charge in [0.15, 0.2) is 0 Å². The van der Waals surface area contributed by atoms with E-state index in [-0.39, 0.29) is 13.2 Å². The number of hydrogen-bond donors (Lipinski definition) is 3. The van der Waals surface area contributed by atoms with Crippen molar-refractivity contribution in [2.24, 2.45) is 0 Å². The van der Waals surface area contributed by atoms with Crippen LogP contribution in [0.5, 0.6) is 0 Å². The van der Waals surface area contributed by atoms with Crippen molar-refractivity contribution in [3.8, 4) is 0 Å². The third kappa shape index (κ3) is 4.27. The predicted octanol–water partition coefficient (Wildman–Crippen LogP) is 0.455. The van der Waals surface area contributed by atoms with E-state index in [1.165, 1.54) is 0 Å². The maximum absolute atomic E-state index is 11.7. The number of carbonyl (C=O) groups excluding carboxylic acids is 2. The van der Waals surface area contributed by atoms with Gasteiger partial charge in [-0.25, -0.2) is 0 Å². The van der Waals surface area contributed by atoms with E-state index < -0.39 is 17.4 Å². The molecule has 1 aliphatic heterocycles. The number of benzene rings is 1. The molecule has 1 saturated heterocycles. The molecule has 1 aliphatic rings. The third-order valence-corrected chi connectivity index (χ3v) is 3.49. The molecule has 1 atom stereocenters. The lowest BCUT2D eigenvalue weighted by atomic mass is 10.0. The van der Waals surface area contributed by atoms with Gasteiger partial charge in [-0.05, 0) is 24.1 Å². The second-order valence-corrected chi connectivity index (χ2v) is 5.21. The highest BCUT2D eigenvalue weighted by Gasteiger charge is 2.33. The van der Waals surface area contributed by atoms with Crippen LogP contribution in [0.1, 0.15) is 18.9 Å². The molecule has 1 heterocycles. The van der Waals surface area contributed by atoms with Crippen molar-refractivity contribution < 1.29 is 19.4 Å². The van der Waals surface area contributed by atoms with Crippen molar-refractivity contribution in [1.82, 2.24) is 5.32 Å². The van der Waals surface area contributed by atoms with Gasteiger partial charge in [-0.15, -0.1) is 0 Å². The highest BCUT2D eigenvalue weighted by Crippen LogP contribution is 2.16. The second-order valence-electron chi connectivity index (χ2n) is 5.21. The summed E-state index contributed by atoms with van der Waals surface area (Å²) < 4.78 is 5.07. The number of anilines is 1. The number of ether oxygens (including phenoxy) is 1. The maximum atomic E-state index is 11.7. The monoisotopic (exact) mass is 292 g/mol. The van der Waals surface area contributed by atoms with Gasteiger partial charge in [0.1, 0.15) is 5.60 Å². The van der Waals surface area contributed by atoms with E-state index >= 15 is 0 Å². The first kappa shape index (κ1) is 15.5. The van der Waals surface area contributed by atoms with Gasteiger partial charge in [0.2, 0.25) is 0 Å². The first-order valence-corrected chi connectivity index (χ1v) is 7.01. The fourth-order valence-electron chi connectivity index (χ4n) is 2.07. The SMILES string of the molecule is CCc1ccc(NC(=O)C(=O)NCC2(O)CCOC2)cc1. The van der Waals surface area contributed by atoms with Gasteiger partial charge in [0, 0.05) is 25.3 Å². The van der Waals surface area contributed by atoms with Gasteiger partial charge in [0.05, 0.1) is 6.61 Å². The Bertz CT molecular complexity index is 507. The zero-order valence-electron chi connectivity index (χ0n) is 12.0. The van der Waals surface area contributed by atoms with Crippen molar-refractivity contribution in [2.45, 2.75) is 25.4 Å². The summed E-state index contributed by atoms with van der Waals surface area (Å²) in [4.78, 5) is 23.4. The Morgan fingerprint density at radius 3 is 2.57 bits per heavy atom. The van der Waals surface area contributed by atoms with Crippen molar-refractivity contribution in [3.63, 3.8) is 0 Å². The van der Waals surface area contributed by atoms with E-state index in [0.717, 1.165) is 12.0 Å². The van der Waals surface area contributed by atoms with Crippen LogP contribution in [0, 0.1) is 0 Å². The smallest absolute Gasteiger partial charge is 0.313 e. The largest absolute Gasteiger partial charge is 0.386 e. The molecule has 0 aromatic heterocycles. The molecule has 6 nitrogen and oxygen atoms in total. The zero-order valence-corrected chi connectivity index (χ0v) is 12.0. The quantitative estimate of drug-likeness (QED) is 0.703. The number of nitrogens with one attached hydrogen (secondary N) is 2. The molecule has 1 unspecified atom stereocenters. The third-order valence-electron chi connectivity index (χ3n) is 3.49. The van der Waals surface area contributed by atoms with Crippen LogP contribution in [0.25, 0.3) is 0 Å². The fourth-order valence-corrected chi connectivity index (χ4v) is 2.07. The summed E-state index contributed by atoms with van der Waals surface area (Å²) in [5.41, 5.74) is 0.648. The molecule has 0 radical (unpaired) electrons. The number of hydrogen-bond acceptors (Lipinski definition) is 4. The van der Waals surface area contributed by atoms with Gasteiger partial charge in [-0.1, -0.05) is 19.1 Å². The number of rotatable bonds is 4. The number of carbonyl (C=O) groups is 2. The molecule has 1 aromatic carbocycles. The predicted molar refractivity (Wildman–Crippen MR) is 77.8 cm³/mol. The minimum Gasteiger partial charge on any atom is -0.386 e. The number of aliphatic hydroxyl groups is 1. The Kier molecular flexibility index (Phi) is 4.93. The second kappa shape index (κ2) is 6.69. The summed E-state index contributed by atoms with van der Waals surface area (Å²) in [5, 5.41) is 14.9. The molecule has 0 spiro atoms. The Morgan fingerprint density at radius 1 is 1.29 bits per heavy atom. The van der Waals surface area contributed by atoms with Crippen LogP contribution in [-0.4, -0.2) is 42.3 Å². The lowest BCUT2D eigenvalue weighted by molar-refractivity contribution is -0.136. The molecule has 114 valence electrons. The molecule has 6 heteroatoms. The average Bonchev–Trinajstić information content (AvgIpc) is 2.93. The Balaban J connectivity index is 1.82. The van der Waals surface area contributed by atoms with Gasteiger partial charge in [-0.2, -0.15) is 0 Å². The summed E-state index contributed by atoms with van der Waals surface area (Å²) in [5.74, 6) is -1.52. The molecule has 2 amide bonds. The minimum atomic E-state index is -1.07. The average molecular weight is 292 g/mol. The highest BCUT2D eigenvalue weighted by molar-refractivity contribution is 6.39. The van der Waals surface area contributed by atoms with Crippen LogP contribution in [-0.2, 0) is 20.7 Å². The molecule has 3 N–H and O–H groups in total. The molecule has 21 heavy (non-hydrogen) atoms. The molecule has 0 aliphatic carbocycles. The van der Waals surface area contributed by atoms with Crippen molar-refractivity contribution >= 4 is 17.5 Å². The van der Waals surface area contributed by atoms with E-state index in [1.54, 1.807) is 12.1 Å². The molecular weight excluding hydrogens is 272 g/mol. The van der Waals surface area contributed by atoms with E-state index in [0.29, 0.717) is 18.7 Å². The van der Waals surface area contributed by atoms with Crippen LogP contribution in [0.15, 0.2) is 24.3 Å². The summed E-state index contributed by atoms with van der Waals surface area (Å²) in [6.45, 7) is 2.68.